The highest BCUT2D eigenvalue weighted by molar-refractivity contribution is 5.98. The van der Waals surface area contributed by atoms with Crippen LogP contribution < -0.4 is 11.1 Å². The summed E-state index contributed by atoms with van der Waals surface area (Å²) in [6, 6.07) is 2.44. The number of esters is 1. The minimum Gasteiger partial charge on any atom is -0.467 e. The van der Waals surface area contributed by atoms with Gasteiger partial charge in [0.2, 0.25) is 0 Å². The van der Waals surface area contributed by atoms with Gasteiger partial charge >= 0.3 is 5.97 Å². The van der Waals surface area contributed by atoms with Crippen molar-refractivity contribution in [1.29, 1.82) is 0 Å². The fourth-order valence-electron chi connectivity index (χ4n) is 1.11. The van der Waals surface area contributed by atoms with Crippen molar-refractivity contribution in [2.24, 2.45) is 0 Å². The Bertz CT molecular complexity index is 406. The Kier molecular flexibility index (Phi) is 3.82. The highest BCUT2D eigenvalue weighted by Crippen LogP contribution is 2.06. The highest BCUT2D eigenvalue weighted by atomic mass is 16.5. The molecule has 16 heavy (non-hydrogen) atoms. The molecule has 1 atom stereocenters. The smallest absolute Gasteiger partial charge is 0.328 e. The predicted molar refractivity (Wildman–Crippen MR) is 57.6 cm³/mol. The molecule has 0 aliphatic rings. The zero-order valence-corrected chi connectivity index (χ0v) is 9.06. The number of carbonyl (C=O) groups is 2. The fourth-order valence-corrected chi connectivity index (χ4v) is 1.11. The van der Waals surface area contributed by atoms with E-state index in [0.29, 0.717) is 0 Å². The lowest BCUT2D eigenvalue weighted by Gasteiger charge is -2.11. The molecule has 0 fully saturated rings. The molecule has 0 aliphatic carbocycles. The van der Waals surface area contributed by atoms with E-state index in [1.54, 1.807) is 12.1 Å². The van der Waals surface area contributed by atoms with E-state index in [-0.39, 0.29) is 11.4 Å². The van der Waals surface area contributed by atoms with Gasteiger partial charge in [-0.3, -0.25) is 4.79 Å². The molecule has 0 saturated heterocycles. The molecule has 0 saturated carbocycles. The summed E-state index contributed by atoms with van der Waals surface area (Å²) in [5, 5.41) is 2.43. The number of nitrogen functional groups attached to an aromatic ring is 1. The van der Waals surface area contributed by atoms with E-state index < -0.39 is 17.9 Å². The lowest BCUT2D eigenvalue weighted by Crippen LogP contribution is -2.39. The molecule has 1 aromatic rings. The maximum Gasteiger partial charge on any atom is 0.328 e. The van der Waals surface area contributed by atoms with Crippen LogP contribution in [0.25, 0.3) is 0 Å². The van der Waals surface area contributed by atoms with E-state index in [2.05, 4.69) is 15.0 Å². The Morgan fingerprint density at radius 3 is 2.81 bits per heavy atom. The molecule has 3 N–H and O–H groups in total. The summed E-state index contributed by atoms with van der Waals surface area (Å²) >= 11 is 0. The largest absolute Gasteiger partial charge is 0.467 e. The summed E-state index contributed by atoms with van der Waals surface area (Å²) in [5.41, 5.74) is 5.92. The van der Waals surface area contributed by atoms with Crippen LogP contribution in [0.15, 0.2) is 18.3 Å². The highest BCUT2D eigenvalue weighted by Gasteiger charge is 2.18. The van der Waals surface area contributed by atoms with Gasteiger partial charge in [0.15, 0.2) is 5.69 Å². The Balaban J connectivity index is 2.73. The number of nitrogens with two attached hydrogens (primary N) is 1. The third-order valence-electron chi connectivity index (χ3n) is 1.96. The van der Waals surface area contributed by atoms with Crippen LogP contribution in [0.3, 0.4) is 0 Å². The number of anilines is 1. The average molecular weight is 223 g/mol. The molecule has 0 aliphatic heterocycles. The molecular weight excluding hydrogens is 210 g/mol. The summed E-state index contributed by atoms with van der Waals surface area (Å²) in [6.07, 6.45) is 1.45. The molecule has 0 bridgehead atoms. The first-order valence-corrected chi connectivity index (χ1v) is 4.65. The van der Waals surface area contributed by atoms with Gasteiger partial charge in [-0.1, -0.05) is 0 Å². The second-order valence-electron chi connectivity index (χ2n) is 3.16. The lowest BCUT2D eigenvalue weighted by molar-refractivity contribution is -0.142. The van der Waals surface area contributed by atoms with Crippen molar-refractivity contribution in [2.45, 2.75) is 13.0 Å². The van der Waals surface area contributed by atoms with Crippen molar-refractivity contribution in [3.05, 3.63) is 24.0 Å². The van der Waals surface area contributed by atoms with Crippen LogP contribution in [-0.4, -0.2) is 30.0 Å². The summed E-state index contributed by atoms with van der Waals surface area (Å²) in [4.78, 5) is 26.5. The van der Waals surface area contributed by atoms with Gasteiger partial charge in [0.25, 0.3) is 5.91 Å². The van der Waals surface area contributed by atoms with E-state index in [0.717, 1.165) is 0 Å². The molecule has 1 amide bonds. The number of ether oxygens (including phenoxy) is 1. The second-order valence-corrected chi connectivity index (χ2v) is 3.16. The monoisotopic (exact) mass is 223 g/mol. The number of methoxy groups -OCH3 is 1. The zero-order valence-electron chi connectivity index (χ0n) is 9.06. The van der Waals surface area contributed by atoms with Gasteiger partial charge in [-0.2, -0.15) is 0 Å². The molecule has 0 spiro atoms. The topological polar surface area (TPSA) is 94.3 Å². The Morgan fingerprint density at radius 1 is 1.56 bits per heavy atom. The molecule has 6 heteroatoms. The maximum atomic E-state index is 11.6. The standard InChI is InChI=1S/C10H13N3O3/c1-6(10(15)16-2)13-9(14)8-7(11)4-3-5-12-8/h3-6H,11H2,1-2H3,(H,13,14). The number of pyridine rings is 1. The third-order valence-corrected chi connectivity index (χ3v) is 1.96. The molecule has 0 aromatic carbocycles. The van der Waals surface area contributed by atoms with Gasteiger partial charge in [-0.25, -0.2) is 9.78 Å². The number of carbonyl (C=O) groups excluding carboxylic acids is 2. The molecular formula is C10H13N3O3. The van der Waals surface area contributed by atoms with Crippen LogP contribution in [0.4, 0.5) is 5.69 Å². The van der Waals surface area contributed by atoms with Crippen molar-refractivity contribution in [3.63, 3.8) is 0 Å². The Morgan fingerprint density at radius 2 is 2.25 bits per heavy atom. The SMILES string of the molecule is COC(=O)C(C)NC(=O)c1ncccc1N. The number of nitrogens with one attached hydrogen (secondary N) is 1. The summed E-state index contributed by atoms with van der Waals surface area (Å²) in [5.74, 6) is -1.03. The van der Waals surface area contributed by atoms with Crippen molar-refractivity contribution in [2.75, 3.05) is 12.8 Å². The van der Waals surface area contributed by atoms with E-state index in [4.69, 9.17) is 5.73 Å². The second kappa shape index (κ2) is 5.11. The van der Waals surface area contributed by atoms with Crippen LogP contribution >= 0.6 is 0 Å². The minimum atomic E-state index is -0.737. The van der Waals surface area contributed by atoms with Gasteiger partial charge in [0.05, 0.1) is 12.8 Å². The molecule has 6 nitrogen and oxygen atoms in total. The first-order valence-electron chi connectivity index (χ1n) is 4.65. The van der Waals surface area contributed by atoms with Crippen LogP contribution in [0.5, 0.6) is 0 Å². The average Bonchev–Trinajstić information content (AvgIpc) is 2.28. The van der Waals surface area contributed by atoms with Crippen LogP contribution in [0, 0.1) is 0 Å². The molecule has 1 aromatic heterocycles. The van der Waals surface area contributed by atoms with Crippen molar-refractivity contribution in [1.82, 2.24) is 10.3 Å². The Labute approximate surface area is 92.8 Å². The number of amides is 1. The Hall–Kier alpha value is -2.11. The first-order chi connectivity index (χ1) is 7.56. The van der Waals surface area contributed by atoms with Gasteiger partial charge in [0.1, 0.15) is 6.04 Å². The number of hydrogen-bond donors (Lipinski definition) is 2. The summed E-state index contributed by atoms with van der Waals surface area (Å²) in [7, 11) is 1.25. The minimum absolute atomic E-state index is 0.0956. The lowest BCUT2D eigenvalue weighted by atomic mass is 10.2. The van der Waals surface area contributed by atoms with Gasteiger partial charge in [-0.15, -0.1) is 0 Å². The number of rotatable bonds is 3. The number of nitrogens with zero attached hydrogens (tertiary/aromatic N) is 1. The normalized spacial score (nSPS) is 11.6. The van der Waals surface area contributed by atoms with E-state index in [1.165, 1.54) is 20.2 Å². The van der Waals surface area contributed by atoms with Crippen LogP contribution in [-0.2, 0) is 9.53 Å². The quantitative estimate of drug-likeness (QED) is 0.701. The maximum absolute atomic E-state index is 11.6. The summed E-state index contributed by atoms with van der Waals surface area (Å²) in [6.45, 7) is 1.52. The van der Waals surface area contributed by atoms with Crippen LogP contribution in [0.1, 0.15) is 17.4 Å². The third kappa shape index (κ3) is 2.69. The zero-order chi connectivity index (χ0) is 12.1. The van der Waals surface area contributed by atoms with E-state index >= 15 is 0 Å². The fraction of sp³-hybridized carbons (Fsp3) is 0.300. The van der Waals surface area contributed by atoms with Gasteiger partial charge in [-0.05, 0) is 19.1 Å². The van der Waals surface area contributed by atoms with Crippen molar-refractivity contribution < 1.29 is 14.3 Å². The van der Waals surface area contributed by atoms with E-state index in [9.17, 15) is 9.59 Å². The summed E-state index contributed by atoms with van der Waals surface area (Å²) < 4.78 is 4.47. The first kappa shape index (κ1) is 12.0. The van der Waals surface area contributed by atoms with Crippen molar-refractivity contribution in [3.8, 4) is 0 Å². The molecule has 86 valence electrons. The number of aromatic nitrogens is 1. The van der Waals surface area contributed by atoms with Crippen LogP contribution in [0.2, 0.25) is 0 Å². The predicted octanol–water partition coefficient (Wildman–Crippen LogP) is -0.0449. The van der Waals surface area contributed by atoms with Gasteiger partial charge < -0.3 is 15.8 Å². The van der Waals surface area contributed by atoms with Gasteiger partial charge in [0, 0.05) is 6.20 Å². The molecule has 0 radical (unpaired) electrons. The molecule has 1 heterocycles. The molecule has 1 unspecified atom stereocenters. The number of hydrogen-bond acceptors (Lipinski definition) is 5. The van der Waals surface area contributed by atoms with Crippen molar-refractivity contribution >= 4 is 17.6 Å². The molecule has 1 rings (SSSR count). The van der Waals surface area contributed by atoms with E-state index in [1.807, 2.05) is 0 Å².